The lowest BCUT2D eigenvalue weighted by Crippen LogP contribution is -2.38. The number of rotatable bonds is 8. The highest BCUT2D eigenvalue weighted by molar-refractivity contribution is 5.85. The first kappa shape index (κ1) is 17.7. The van der Waals surface area contributed by atoms with Crippen LogP contribution in [-0.4, -0.2) is 30.4 Å². The van der Waals surface area contributed by atoms with E-state index in [9.17, 15) is 9.18 Å². The summed E-state index contributed by atoms with van der Waals surface area (Å²) in [5, 5.41) is 3.17. The Morgan fingerprint density at radius 3 is 2.76 bits per heavy atom. The average molecular weight is 313 g/mol. The Balaban J connectivity index is 0.00000220. The van der Waals surface area contributed by atoms with Crippen LogP contribution < -0.4 is 5.32 Å². The summed E-state index contributed by atoms with van der Waals surface area (Å²) in [5.41, 5.74) is 0.532. The topological polar surface area (TPSA) is 32.3 Å². The first-order chi connectivity index (χ1) is 9.70. The van der Waals surface area contributed by atoms with Gasteiger partial charge in [-0.05, 0) is 31.4 Å². The van der Waals surface area contributed by atoms with Crippen molar-refractivity contribution in [3.8, 4) is 0 Å². The molecule has 1 fully saturated rings. The summed E-state index contributed by atoms with van der Waals surface area (Å²) in [7, 11) is 0. The smallest absolute Gasteiger partial charge is 0.237 e. The van der Waals surface area contributed by atoms with Crippen molar-refractivity contribution in [1.29, 1.82) is 0 Å². The molecule has 0 heterocycles. The Bertz CT molecular complexity index is 477. The highest BCUT2D eigenvalue weighted by Gasteiger charge is 2.21. The van der Waals surface area contributed by atoms with Gasteiger partial charge in [0.25, 0.3) is 0 Å². The zero-order valence-corrected chi connectivity index (χ0v) is 12.9. The van der Waals surface area contributed by atoms with Gasteiger partial charge in [0.05, 0.1) is 6.54 Å². The van der Waals surface area contributed by atoms with Crippen molar-refractivity contribution in [3.05, 3.63) is 48.3 Å². The molecule has 3 nitrogen and oxygen atoms in total. The van der Waals surface area contributed by atoms with Gasteiger partial charge in [0, 0.05) is 18.7 Å². The van der Waals surface area contributed by atoms with E-state index in [4.69, 9.17) is 0 Å². The largest absolute Gasteiger partial charge is 0.333 e. The van der Waals surface area contributed by atoms with E-state index >= 15 is 0 Å². The molecule has 1 N–H and O–H groups in total. The van der Waals surface area contributed by atoms with Gasteiger partial charge in [0.1, 0.15) is 5.82 Å². The molecule has 5 heteroatoms. The van der Waals surface area contributed by atoms with E-state index in [0.717, 1.165) is 12.5 Å². The van der Waals surface area contributed by atoms with Gasteiger partial charge < -0.3 is 10.2 Å². The maximum Gasteiger partial charge on any atom is 0.237 e. The average Bonchev–Trinajstić information content (AvgIpc) is 3.24. The fourth-order valence-electron chi connectivity index (χ4n) is 2.06. The number of carbonyl (C=O) groups is 1. The summed E-state index contributed by atoms with van der Waals surface area (Å²) in [6.45, 7) is 5.57. The fourth-order valence-corrected chi connectivity index (χ4v) is 2.06. The van der Waals surface area contributed by atoms with Gasteiger partial charge >= 0.3 is 0 Å². The van der Waals surface area contributed by atoms with E-state index in [2.05, 4.69) is 11.9 Å². The van der Waals surface area contributed by atoms with Crippen LogP contribution in [0.4, 0.5) is 4.39 Å². The minimum Gasteiger partial charge on any atom is -0.333 e. The predicted octanol–water partition coefficient (Wildman–Crippen LogP) is 2.76. The lowest BCUT2D eigenvalue weighted by atomic mass is 10.2. The van der Waals surface area contributed by atoms with E-state index in [1.54, 1.807) is 29.2 Å². The Hall–Kier alpha value is -1.39. The van der Waals surface area contributed by atoms with Crippen LogP contribution in [0.2, 0.25) is 0 Å². The van der Waals surface area contributed by atoms with Gasteiger partial charge in [0.15, 0.2) is 0 Å². The maximum absolute atomic E-state index is 13.6. The Kier molecular flexibility index (Phi) is 7.40. The van der Waals surface area contributed by atoms with Gasteiger partial charge in [-0.1, -0.05) is 24.3 Å². The molecule has 0 atom stereocenters. The third-order valence-corrected chi connectivity index (χ3v) is 3.43. The molecule has 0 aromatic heterocycles. The van der Waals surface area contributed by atoms with E-state index in [-0.39, 0.29) is 30.7 Å². The van der Waals surface area contributed by atoms with E-state index < -0.39 is 0 Å². The molecule has 1 aliphatic rings. The second-order valence-corrected chi connectivity index (χ2v) is 5.23. The quantitative estimate of drug-likeness (QED) is 0.749. The third-order valence-electron chi connectivity index (χ3n) is 3.43. The molecule has 1 saturated carbocycles. The molecule has 21 heavy (non-hydrogen) atoms. The Morgan fingerprint density at radius 2 is 2.14 bits per heavy atom. The molecule has 0 saturated heterocycles. The lowest BCUT2D eigenvalue weighted by molar-refractivity contribution is -0.130. The van der Waals surface area contributed by atoms with Crippen molar-refractivity contribution in [2.24, 2.45) is 5.92 Å². The van der Waals surface area contributed by atoms with E-state index in [0.29, 0.717) is 18.7 Å². The van der Waals surface area contributed by atoms with E-state index in [1.165, 1.54) is 18.9 Å². The predicted molar refractivity (Wildman–Crippen MR) is 84.9 cm³/mol. The van der Waals surface area contributed by atoms with Gasteiger partial charge in [0.2, 0.25) is 5.91 Å². The van der Waals surface area contributed by atoms with Crippen molar-refractivity contribution in [2.75, 3.05) is 19.6 Å². The first-order valence-electron chi connectivity index (χ1n) is 7.03. The van der Waals surface area contributed by atoms with Gasteiger partial charge in [-0.15, -0.1) is 19.0 Å². The number of hydrogen-bond acceptors (Lipinski definition) is 2. The molecule has 0 spiro atoms. The molecule has 0 aliphatic heterocycles. The molecule has 1 aliphatic carbocycles. The minimum atomic E-state index is -0.277. The minimum absolute atomic E-state index is 0. The summed E-state index contributed by atoms with van der Waals surface area (Å²) in [6, 6.07) is 6.55. The molecule has 0 unspecified atom stereocenters. The summed E-state index contributed by atoms with van der Waals surface area (Å²) in [4.78, 5) is 13.8. The lowest BCUT2D eigenvalue weighted by Gasteiger charge is -2.21. The second kappa shape index (κ2) is 8.80. The number of halogens is 2. The van der Waals surface area contributed by atoms with Gasteiger partial charge in [-0.2, -0.15) is 0 Å². The first-order valence-corrected chi connectivity index (χ1v) is 7.03. The Morgan fingerprint density at radius 1 is 1.43 bits per heavy atom. The highest BCUT2D eigenvalue weighted by atomic mass is 35.5. The monoisotopic (exact) mass is 312 g/mol. The summed E-state index contributed by atoms with van der Waals surface area (Å²) < 4.78 is 13.6. The van der Waals surface area contributed by atoms with Crippen LogP contribution in [0.3, 0.4) is 0 Å². The summed E-state index contributed by atoms with van der Waals surface area (Å²) >= 11 is 0. The number of amides is 1. The molecule has 0 bridgehead atoms. The molecule has 1 aromatic rings. The van der Waals surface area contributed by atoms with Crippen LogP contribution in [-0.2, 0) is 11.3 Å². The zero-order chi connectivity index (χ0) is 14.4. The summed E-state index contributed by atoms with van der Waals surface area (Å²) in [6.07, 6.45) is 4.18. The van der Waals surface area contributed by atoms with Gasteiger partial charge in [-0.3, -0.25) is 4.79 Å². The van der Waals surface area contributed by atoms with Crippen molar-refractivity contribution >= 4 is 18.3 Å². The molecular weight excluding hydrogens is 291 g/mol. The molecule has 116 valence electrons. The van der Waals surface area contributed by atoms with Crippen molar-refractivity contribution in [2.45, 2.75) is 19.4 Å². The number of nitrogens with zero attached hydrogens (tertiary/aromatic N) is 1. The normalized spacial score (nSPS) is 13.4. The van der Waals surface area contributed by atoms with Crippen molar-refractivity contribution in [3.63, 3.8) is 0 Å². The standard InChI is InChI=1S/C16H21FN2O.ClH/c1-2-9-19(12-14-5-3-4-6-15(14)17)16(20)11-18-10-13-7-8-13;/h2-6,13,18H,1,7-12H2;1H. The second-order valence-electron chi connectivity index (χ2n) is 5.23. The molecular formula is C16H22ClFN2O. The fraction of sp³-hybridized carbons (Fsp3) is 0.438. The highest BCUT2D eigenvalue weighted by Crippen LogP contribution is 2.27. The zero-order valence-electron chi connectivity index (χ0n) is 12.1. The third kappa shape index (κ3) is 5.86. The molecule has 1 amide bonds. The van der Waals surface area contributed by atoms with Crippen LogP contribution in [0.25, 0.3) is 0 Å². The number of hydrogen-bond donors (Lipinski definition) is 1. The van der Waals surface area contributed by atoms with Gasteiger partial charge in [-0.25, -0.2) is 4.39 Å². The van der Waals surface area contributed by atoms with Crippen LogP contribution in [0.15, 0.2) is 36.9 Å². The molecule has 2 rings (SSSR count). The van der Waals surface area contributed by atoms with Crippen LogP contribution >= 0.6 is 12.4 Å². The van der Waals surface area contributed by atoms with Crippen LogP contribution in [0.1, 0.15) is 18.4 Å². The SMILES string of the molecule is C=CCN(Cc1ccccc1F)C(=O)CNCC1CC1.Cl. The van der Waals surface area contributed by atoms with Crippen LogP contribution in [0, 0.1) is 11.7 Å². The summed E-state index contributed by atoms with van der Waals surface area (Å²) in [5.74, 6) is 0.441. The Labute approximate surface area is 131 Å². The molecule has 1 aromatic carbocycles. The molecule has 0 radical (unpaired) electrons. The number of benzene rings is 1. The maximum atomic E-state index is 13.6. The van der Waals surface area contributed by atoms with Crippen molar-refractivity contribution < 1.29 is 9.18 Å². The van der Waals surface area contributed by atoms with E-state index in [1.807, 2.05) is 0 Å². The van der Waals surface area contributed by atoms with Crippen LogP contribution in [0.5, 0.6) is 0 Å². The van der Waals surface area contributed by atoms with Crippen molar-refractivity contribution in [1.82, 2.24) is 10.2 Å². The number of carbonyl (C=O) groups excluding carboxylic acids is 1. The number of nitrogens with one attached hydrogen (secondary N) is 1.